The van der Waals surface area contributed by atoms with Gasteiger partial charge in [0.15, 0.2) is 6.20 Å². The molecule has 5 heteroatoms. The van der Waals surface area contributed by atoms with Crippen molar-refractivity contribution in [3.8, 4) is 0 Å². The lowest BCUT2D eigenvalue weighted by atomic mass is 10.2. The summed E-state index contributed by atoms with van der Waals surface area (Å²) in [5.41, 5.74) is 8.61. The third-order valence-electron chi connectivity index (χ3n) is 2.72. The van der Waals surface area contributed by atoms with Crippen molar-refractivity contribution in [2.24, 2.45) is 0 Å². The number of pyridine rings is 1. The number of rotatable bonds is 0. The van der Waals surface area contributed by atoms with Crippen molar-refractivity contribution in [3.05, 3.63) is 51.4 Å². The molecule has 84 valence electrons. The minimum atomic E-state index is -0.116. The van der Waals surface area contributed by atoms with Crippen LogP contribution in [0.2, 0.25) is 0 Å². The van der Waals surface area contributed by atoms with Crippen LogP contribution < -0.4 is 15.7 Å². The van der Waals surface area contributed by atoms with E-state index in [0.717, 1.165) is 15.5 Å². The van der Waals surface area contributed by atoms with Crippen LogP contribution in [-0.2, 0) is 0 Å². The van der Waals surface area contributed by atoms with E-state index in [0.29, 0.717) is 11.2 Å². The van der Waals surface area contributed by atoms with Crippen molar-refractivity contribution in [3.63, 3.8) is 0 Å². The number of nitrogen functional groups attached to an aromatic ring is 1. The van der Waals surface area contributed by atoms with Crippen LogP contribution in [0.15, 0.2) is 45.8 Å². The molecule has 0 radical (unpaired) electrons. The van der Waals surface area contributed by atoms with E-state index < -0.39 is 0 Å². The highest BCUT2D eigenvalue weighted by molar-refractivity contribution is 9.10. The predicted octanol–water partition coefficient (Wildman–Crippen LogP) is 1.61. The Balaban J connectivity index is 2.64. The smallest absolute Gasteiger partial charge is 0.321 e. The second-order valence-corrected chi connectivity index (χ2v) is 4.66. The zero-order valence-electron chi connectivity index (χ0n) is 8.77. The molecule has 0 unspecified atom stereocenters. The van der Waals surface area contributed by atoms with Gasteiger partial charge in [0.2, 0.25) is 5.52 Å². The average molecular weight is 291 g/mol. The number of benzene rings is 1. The average Bonchev–Trinajstić information content (AvgIpc) is 2.32. The van der Waals surface area contributed by atoms with E-state index in [1.807, 2.05) is 34.9 Å². The van der Waals surface area contributed by atoms with Gasteiger partial charge in [0.25, 0.3) is 5.52 Å². The number of hydrogen-bond donors (Lipinski definition) is 2. The molecule has 17 heavy (non-hydrogen) atoms. The van der Waals surface area contributed by atoms with E-state index in [4.69, 9.17) is 5.73 Å². The molecule has 0 saturated carbocycles. The van der Waals surface area contributed by atoms with Gasteiger partial charge in [-0.25, -0.2) is 0 Å². The molecule has 0 atom stereocenters. The number of H-pyrrole nitrogens is 1. The Morgan fingerprint density at radius 1 is 1.24 bits per heavy atom. The molecule has 3 aromatic rings. The molecule has 0 aliphatic heterocycles. The molecule has 0 spiro atoms. The Labute approximate surface area is 105 Å². The first-order chi connectivity index (χ1) is 8.16. The van der Waals surface area contributed by atoms with Crippen molar-refractivity contribution >= 4 is 38.2 Å². The van der Waals surface area contributed by atoms with Crippen molar-refractivity contribution in [1.82, 2.24) is 4.98 Å². The Morgan fingerprint density at radius 3 is 2.88 bits per heavy atom. The molecule has 3 rings (SSSR count). The van der Waals surface area contributed by atoms with Crippen LogP contribution in [0.25, 0.3) is 16.6 Å². The van der Waals surface area contributed by atoms with Gasteiger partial charge in [-0.15, -0.1) is 0 Å². The first kappa shape index (κ1) is 10.3. The summed E-state index contributed by atoms with van der Waals surface area (Å²) >= 11 is 3.35. The van der Waals surface area contributed by atoms with E-state index >= 15 is 0 Å². The summed E-state index contributed by atoms with van der Waals surface area (Å²) in [5.74, 6) is 0. The number of fused-ring (bicyclic) bond motifs is 3. The van der Waals surface area contributed by atoms with Crippen molar-refractivity contribution < 1.29 is 4.40 Å². The van der Waals surface area contributed by atoms with E-state index in [9.17, 15) is 4.79 Å². The van der Waals surface area contributed by atoms with Crippen LogP contribution in [0.4, 0.5) is 5.69 Å². The molecule has 4 nitrogen and oxygen atoms in total. The molecular formula is C12H9BrN3O+. The summed E-state index contributed by atoms with van der Waals surface area (Å²) in [4.78, 5) is 14.7. The normalized spacial score (nSPS) is 11.1. The van der Waals surface area contributed by atoms with Crippen LogP contribution >= 0.6 is 15.9 Å². The quantitative estimate of drug-likeness (QED) is 0.375. The molecule has 0 fully saturated rings. The molecule has 0 bridgehead atoms. The molecule has 0 aliphatic carbocycles. The Hall–Kier alpha value is -1.88. The first-order valence-corrected chi connectivity index (χ1v) is 5.87. The van der Waals surface area contributed by atoms with Crippen LogP contribution in [0.3, 0.4) is 0 Å². The van der Waals surface area contributed by atoms with Gasteiger partial charge in [-0.1, -0.05) is 0 Å². The fourth-order valence-electron chi connectivity index (χ4n) is 1.90. The Bertz CT molecular complexity index is 795. The lowest BCUT2D eigenvalue weighted by Gasteiger charge is -2.00. The largest absolute Gasteiger partial charge is 0.398 e. The van der Waals surface area contributed by atoms with Crippen LogP contribution in [0.5, 0.6) is 0 Å². The highest BCUT2D eigenvalue weighted by atomic mass is 79.9. The lowest BCUT2D eigenvalue weighted by Crippen LogP contribution is -2.30. The van der Waals surface area contributed by atoms with Gasteiger partial charge < -0.3 is 10.7 Å². The summed E-state index contributed by atoms with van der Waals surface area (Å²) in [7, 11) is 0. The van der Waals surface area contributed by atoms with Gasteiger partial charge >= 0.3 is 5.56 Å². The highest BCUT2D eigenvalue weighted by Gasteiger charge is 2.13. The zero-order valence-corrected chi connectivity index (χ0v) is 10.4. The number of nitrogens with one attached hydrogen (secondary N) is 1. The van der Waals surface area contributed by atoms with Gasteiger partial charge in [0.05, 0.1) is 5.69 Å². The molecule has 2 aromatic heterocycles. The minimum Gasteiger partial charge on any atom is -0.398 e. The van der Waals surface area contributed by atoms with Crippen LogP contribution in [-0.4, -0.2) is 4.98 Å². The lowest BCUT2D eigenvalue weighted by molar-refractivity contribution is -0.482. The summed E-state index contributed by atoms with van der Waals surface area (Å²) in [6, 6.07) is 9.13. The fourth-order valence-corrected chi connectivity index (χ4v) is 2.25. The zero-order chi connectivity index (χ0) is 12.0. The Morgan fingerprint density at radius 2 is 2.06 bits per heavy atom. The van der Waals surface area contributed by atoms with Crippen LogP contribution in [0, 0.1) is 0 Å². The van der Waals surface area contributed by atoms with Crippen LogP contribution in [0.1, 0.15) is 0 Å². The van der Waals surface area contributed by atoms with Crippen molar-refractivity contribution in [1.29, 1.82) is 0 Å². The van der Waals surface area contributed by atoms with E-state index in [2.05, 4.69) is 20.9 Å². The maximum atomic E-state index is 11.9. The Kier molecular flexibility index (Phi) is 2.16. The van der Waals surface area contributed by atoms with Gasteiger partial charge in [0, 0.05) is 22.7 Å². The molecule has 0 saturated heterocycles. The maximum absolute atomic E-state index is 11.9. The molecule has 0 aliphatic rings. The number of nitrogens with two attached hydrogens (primary N) is 1. The second kappa shape index (κ2) is 3.56. The molecule has 0 amide bonds. The summed E-state index contributed by atoms with van der Waals surface area (Å²) in [5, 5.41) is 0. The highest BCUT2D eigenvalue weighted by Crippen LogP contribution is 2.22. The molecule has 1 aromatic carbocycles. The third-order valence-corrected chi connectivity index (χ3v) is 3.40. The first-order valence-electron chi connectivity index (χ1n) is 5.08. The summed E-state index contributed by atoms with van der Waals surface area (Å²) < 4.78 is 2.60. The molecular weight excluding hydrogens is 282 g/mol. The predicted molar refractivity (Wildman–Crippen MR) is 69.8 cm³/mol. The molecule has 3 N–H and O–H groups in total. The van der Waals surface area contributed by atoms with Gasteiger partial charge in [0.1, 0.15) is 5.52 Å². The second-order valence-electron chi connectivity index (χ2n) is 3.80. The topological polar surface area (TPSA) is 63.0 Å². The maximum Gasteiger partial charge on any atom is 0.321 e. The standard InChI is InChI=1S/C12H8BrN3O/c13-7-5-9-11(6-8(7)14)16-4-2-1-3-10(16)12(17)15-9/h1-6,14,17H/p+1. The number of nitrogens with zero attached hydrogens (tertiary/aromatic N) is 1. The molecule has 2 heterocycles. The van der Waals surface area contributed by atoms with E-state index in [-0.39, 0.29) is 5.56 Å². The monoisotopic (exact) mass is 290 g/mol. The minimum absolute atomic E-state index is 0.116. The number of aromatic nitrogens is 2. The van der Waals surface area contributed by atoms with Gasteiger partial charge in [-0.3, -0.25) is 4.79 Å². The van der Waals surface area contributed by atoms with E-state index in [1.165, 1.54) is 0 Å². The third kappa shape index (κ3) is 1.51. The number of hydrogen-bond acceptors (Lipinski definition) is 2. The van der Waals surface area contributed by atoms with Crippen molar-refractivity contribution in [2.45, 2.75) is 0 Å². The number of halogens is 1. The SMILES string of the molecule is Nc1cc2c(cc1Br)[nH]c(=O)c1cccc[n+]12. The van der Waals surface area contributed by atoms with Crippen molar-refractivity contribution in [2.75, 3.05) is 5.73 Å². The fraction of sp³-hybridized carbons (Fsp3) is 0. The summed E-state index contributed by atoms with van der Waals surface area (Å²) in [6.45, 7) is 0. The number of aromatic amines is 1. The van der Waals surface area contributed by atoms with Gasteiger partial charge in [-0.05, 0) is 28.1 Å². The van der Waals surface area contributed by atoms with Gasteiger partial charge in [-0.2, -0.15) is 4.40 Å². The van der Waals surface area contributed by atoms with E-state index in [1.54, 1.807) is 6.07 Å². The number of anilines is 1. The summed E-state index contributed by atoms with van der Waals surface area (Å²) in [6.07, 6.45) is 1.85.